The topological polar surface area (TPSA) is 159 Å². The summed E-state index contributed by atoms with van der Waals surface area (Å²) in [6.07, 6.45) is 23.0. The normalized spacial score (nSPS) is 32.3. The molecule has 9 aliphatic rings. The van der Waals surface area contributed by atoms with E-state index < -0.39 is 31.5 Å². The zero-order chi connectivity index (χ0) is 39.2. The number of halogens is 1. The number of ketones is 1. The average molecular weight is 788 g/mol. The lowest BCUT2D eigenvalue weighted by molar-refractivity contribution is -0.132. The van der Waals surface area contributed by atoms with Crippen LogP contribution in [0.2, 0.25) is 5.02 Å². The Kier molecular flexibility index (Phi) is 12.1. The SMILES string of the molecule is CC(=O)C12CCC(CC1)CC2.CC(N)C12CCC(CC1)CC2.CC(Nc1c(Nc2ccc(Cl)c(S(=O)(=O)N(C)C)c2O)c(=O)c1=O)C12CCC(CC1)CC2. The van der Waals surface area contributed by atoms with Gasteiger partial charge in [0, 0.05) is 31.6 Å². The molecule has 0 aliphatic heterocycles. The van der Waals surface area contributed by atoms with Gasteiger partial charge in [0.25, 0.3) is 10.9 Å². The van der Waals surface area contributed by atoms with Crippen LogP contribution in [0.4, 0.5) is 17.1 Å². The molecule has 0 heterocycles. The minimum Gasteiger partial charge on any atom is -0.504 e. The first-order valence-electron chi connectivity index (χ1n) is 20.5. The molecule has 2 aromatic rings. The summed E-state index contributed by atoms with van der Waals surface area (Å²) in [5.41, 5.74) is 5.71. The highest BCUT2D eigenvalue weighted by atomic mass is 35.5. The van der Waals surface area contributed by atoms with Crippen LogP contribution in [0.5, 0.6) is 5.75 Å². The van der Waals surface area contributed by atoms with Crippen molar-refractivity contribution in [2.45, 2.75) is 153 Å². The fourth-order valence-electron chi connectivity index (χ4n) is 10.9. The fourth-order valence-corrected chi connectivity index (χ4v) is 12.4. The van der Waals surface area contributed by atoms with Crippen LogP contribution in [-0.4, -0.2) is 49.8 Å². The minimum atomic E-state index is -4.04. The number of Topliss-reactive ketones (excluding diaryl/α,β-unsaturated/α-hetero) is 1. The maximum absolute atomic E-state index is 12.6. The lowest BCUT2D eigenvalue weighted by Gasteiger charge is -2.50. The highest BCUT2D eigenvalue weighted by Crippen LogP contribution is 2.54. The third-order valence-corrected chi connectivity index (χ3v) is 17.7. The standard InChI is InChI=1S/C22H28ClN3O5S.C10H19N.C10H16O/c1-12(22-9-6-13(7-10-22)8-11-22)24-16-17(20(29)19(16)28)25-15-5-4-14(23)21(18(15)27)32(30,31)26(2)3;2*1-8(11)10-5-2-9(3-6-10)4-7-10/h4-5,12-13,24-25,27H,6-11H2,1-3H3;8-9H,2-7,11H2,1H3;9H,2-7H2,1H3. The van der Waals surface area contributed by atoms with E-state index in [1.807, 2.05) is 6.92 Å². The van der Waals surface area contributed by atoms with Gasteiger partial charge in [-0.1, -0.05) is 11.6 Å². The third-order valence-electron chi connectivity index (χ3n) is 15.4. The van der Waals surface area contributed by atoms with Gasteiger partial charge in [-0.3, -0.25) is 14.4 Å². The number of phenolic OH excluding ortho intramolecular Hbond substituents is 1. The molecule has 54 heavy (non-hydrogen) atoms. The Bertz CT molecular complexity index is 1820. The lowest BCUT2D eigenvalue weighted by atomic mass is 9.58. The molecule has 0 saturated heterocycles. The van der Waals surface area contributed by atoms with E-state index in [1.54, 1.807) is 6.92 Å². The van der Waals surface area contributed by atoms with Gasteiger partial charge in [-0.25, -0.2) is 12.7 Å². The molecule has 0 radical (unpaired) electrons. The highest BCUT2D eigenvalue weighted by molar-refractivity contribution is 7.89. The number of hydrogen-bond acceptors (Lipinski definition) is 9. The van der Waals surface area contributed by atoms with E-state index in [2.05, 4.69) is 17.6 Å². The molecule has 12 heteroatoms. The molecule has 2 aromatic carbocycles. The zero-order valence-corrected chi connectivity index (χ0v) is 34.6. The second kappa shape index (κ2) is 15.8. The predicted molar refractivity (Wildman–Crippen MR) is 217 cm³/mol. The van der Waals surface area contributed by atoms with Gasteiger partial charge in [-0.15, -0.1) is 0 Å². The van der Waals surface area contributed by atoms with Gasteiger partial charge >= 0.3 is 0 Å². The number of phenols is 1. The number of carbonyl (C=O) groups is 1. The van der Waals surface area contributed by atoms with Crippen molar-refractivity contribution in [1.82, 2.24) is 4.31 Å². The molecule has 2 unspecified atom stereocenters. The molecule has 0 aromatic heterocycles. The van der Waals surface area contributed by atoms with Gasteiger partial charge in [-0.2, -0.15) is 0 Å². The van der Waals surface area contributed by atoms with Crippen molar-refractivity contribution in [1.29, 1.82) is 0 Å². The second-order valence-electron chi connectivity index (χ2n) is 18.3. The number of hydrogen-bond donors (Lipinski definition) is 4. The average Bonchev–Trinajstić information content (AvgIpc) is 3.19. The summed E-state index contributed by atoms with van der Waals surface area (Å²) in [5, 5.41) is 16.5. The van der Waals surface area contributed by atoms with Crippen molar-refractivity contribution in [3.8, 4) is 5.75 Å². The van der Waals surface area contributed by atoms with Gasteiger partial charge < -0.3 is 21.5 Å². The maximum Gasteiger partial charge on any atom is 0.253 e. The Morgan fingerprint density at radius 1 is 0.796 bits per heavy atom. The molecule has 2 atom stereocenters. The van der Waals surface area contributed by atoms with Gasteiger partial charge in [0.05, 0.1) is 10.7 Å². The Hall–Kier alpha value is -2.47. The van der Waals surface area contributed by atoms with Crippen molar-refractivity contribution in [2.24, 2.45) is 39.7 Å². The second-order valence-corrected chi connectivity index (χ2v) is 20.8. The fraction of sp³-hybridized carbons (Fsp3) is 0.738. The van der Waals surface area contributed by atoms with Crippen LogP contribution in [0, 0.1) is 34.0 Å². The van der Waals surface area contributed by atoms with E-state index in [9.17, 15) is 27.9 Å². The number of fused-ring (bicyclic) bond motifs is 9. The number of sulfonamides is 1. The van der Waals surface area contributed by atoms with E-state index >= 15 is 0 Å². The summed E-state index contributed by atoms with van der Waals surface area (Å²) in [4.78, 5) is 35.6. The summed E-state index contributed by atoms with van der Waals surface area (Å²) >= 11 is 6.05. The molecular weight excluding hydrogens is 724 g/mol. The number of nitrogens with zero attached hydrogens (tertiary/aromatic N) is 1. The van der Waals surface area contributed by atoms with Gasteiger partial charge in [0.1, 0.15) is 22.1 Å². The molecule has 9 fully saturated rings. The number of rotatable bonds is 9. The number of carbonyl (C=O) groups excluding carboxylic acids is 1. The maximum atomic E-state index is 12.6. The molecule has 9 saturated carbocycles. The van der Waals surface area contributed by atoms with E-state index in [-0.39, 0.29) is 39.0 Å². The lowest BCUT2D eigenvalue weighted by Crippen LogP contribution is -2.48. The largest absolute Gasteiger partial charge is 0.504 e. The van der Waals surface area contributed by atoms with E-state index in [0.717, 1.165) is 41.3 Å². The van der Waals surface area contributed by atoms with Crippen molar-refractivity contribution in [3.05, 3.63) is 37.6 Å². The molecule has 0 amide bonds. The molecule has 300 valence electrons. The molecule has 11 rings (SSSR count). The first-order chi connectivity index (χ1) is 25.4. The summed E-state index contributed by atoms with van der Waals surface area (Å²) in [6.45, 7) is 6.03. The first-order valence-corrected chi connectivity index (χ1v) is 22.3. The highest BCUT2D eigenvalue weighted by Gasteiger charge is 2.46. The number of anilines is 3. The van der Waals surface area contributed by atoms with Gasteiger partial charge in [-0.05, 0) is 177 Å². The van der Waals surface area contributed by atoms with Crippen LogP contribution in [0.15, 0.2) is 26.6 Å². The van der Waals surface area contributed by atoms with Crippen LogP contribution in [0.1, 0.15) is 136 Å². The Morgan fingerprint density at radius 3 is 1.61 bits per heavy atom. The van der Waals surface area contributed by atoms with Crippen LogP contribution in [0.3, 0.4) is 0 Å². The first kappa shape index (κ1) is 41.2. The van der Waals surface area contributed by atoms with Gasteiger partial charge in [0.15, 0.2) is 5.75 Å². The Morgan fingerprint density at radius 2 is 1.22 bits per heavy atom. The number of benzene rings is 1. The number of aromatic hydroxyl groups is 1. The monoisotopic (exact) mass is 786 g/mol. The molecule has 6 bridgehead atoms. The van der Waals surface area contributed by atoms with Crippen molar-refractivity contribution in [2.75, 3.05) is 24.7 Å². The van der Waals surface area contributed by atoms with Crippen LogP contribution >= 0.6 is 11.6 Å². The van der Waals surface area contributed by atoms with Crippen molar-refractivity contribution < 1.29 is 18.3 Å². The predicted octanol–water partition coefficient (Wildman–Crippen LogP) is 8.26. The van der Waals surface area contributed by atoms with Gasteiger partial charge in [0.2, 0.25) is 10.0 Å². The summed E-state index contributed by atoms with van der Waals surface area (Å²) in [5.74, 6) is 2.69. The Balaban J connectivity index is 0.000000181. The molecule has 9 aliphatic carbocycles. The Labute approximate surface area is 327 Å². The van der Waals surface area contributed by atoms with Crippen molar-refractivity contribution >= 4 is 44.5 Å². The van der Waals surface area contributed by atoms with Crippen LogP contribution < -0.4 is 27.2 Å². The number of nitrogens with two attached hydrogens (primary N) is 1. The molecule has 10 nitrogen and oxygen atoms in total. The summed E-state index contributed by atoms with van der Waals surface area (Å²) in [7, 11) is -1.39. The van der Waals surface area contributed by atoms with Crippen LogP contribution in [0.25, 0.3) is 0 Å². The van der Waals surface area contributed by atoms with Crippen LogP contribution in [-0.2, 0) is 14.8 Å². The van der Waals surface area contributed by atoms with Crippen molar-refractivity contribution in [3.63, 3.8) is 0 Å². The molecular formula is C42H63ClN4O6S. The zero-order valence-electron chi connectivity index (χ0n) is 33.1. The van der Waals surface area contributed by atoms with E-state index in [4.69, 9.17) is 17.3 Å². The summed E-state index contributed by atoms with van der Waals surface area (Å²) < 4.78 is 26.1. The van der Waals surface area contributed by atoms with E-state index in [0.29, 0.717) is 17.2 Å². The molecule has 5 N–H and O–H groups in total. The quantitative estimate of drug-likeness (QED) is 0.145. The smallest absolute Gasteiger partial charge is 0.253 e. The van der Waals surface area contributed by atoms with E-state index in [1.165, 1.54) is 123 Å². The molecule has 0 spiro atoms. The third kappa shape index (κ3) is 7.77. The number of nitrogens with one attached hydrogen (secondary N) is 2. The summed E-state index contributed by atoms with van der Waals surface area (Å²) in [6, 6.07) is 3.14. The minimum absolute atomic E-state index is 0.0103.